The van der Waals surface area contributed by atoms with Crippen LogP contribution in [0.3, 0.4) is 0 Å². The summed E-state index contributed by atoms with van der Waals surface area (Å²) in [5, 5.41) is 7.40. The highest BCUT2D eigenvalue weighted by atomic mass is 19.1. The number of carbonyl (C=O) groups is 1. The molecule has 1 saturated heterocycles. The van der Waals surface area contributed by atoms with E-state index in [1.54, 1.807) is 17.0 Å². The Hall–Kier alpha value is -3.02. The van der Waals surface area contributed by atoms with E-state index in [1.165, 1.54) is 36.4 Å². The van der Waals surface area contributed by atoms with Crippen LogP contribution in [-0.2, 0) is 0 Å². The summed E-state index contributed by atoms with van der Waals surface area (Å²) in [5.41, 5.74) is 3.06. The molecule has 0 radical (unpaired) electrons. The molecule has 3 aromatic rings. The number of likely N-dealkylation sites (tertiary alicyclic amines) is 1. The lowest BCUT2D eigenvalue weighted by Crippen LogP contribution is -2.39. The van der Waals surface area contributed by atoms with Gasteiger partial charge in [0.05, 0.1) is 5.69 Å². The predicted molar refractivity (Wildman–Crippen MR) is 98.3 cm³/mol. The van der Waals surface area contributed by atoms with Crippen molar-refractivity contribution in [2.45, 2.75) is 18.8 Å². The number of aromatic nitrogens is 2. The lowest BCUT2D eigenvalue weighted by Gasteiger charge is -2.32. The van der Waals surface area contributed by atoms with E-state index in [9.17, 15) is 13.6 Å². The maximum Gasteiger partial charge on any atom is 0.253 e. The van der Waals surface area contributed by atoms with Crippen molar-refractivity contribution in [3.05, 3.63) is 77.5 Å². The number of piperidine rings is 1. The first kappa shape index (κ1) is 17.4. The van der Waals surface area contributed by atoms with Crippen LogP contribution in [0.5, 0.6) is 0 Å². The molecule has 4 nitrogen and oxygen atoms in total. The Morgan fingerprint density at radius 3 is 2.41 bits per heavy atom. The number of hydrogen-bond acceptors (Lipinski definition) is 2. The predicted octanol–water partition coefficient (Wildman–Crippen LogP) is 4.37. The molecule has 1 atom stereocenters. The van der Waals surface area contributed by atoms with E-state index < -0.39 is 0 Å². The van der Waals surface area contributed by atoms with E-state index in [1.807, 2.05) is 6.07 Å². The SMILES string of the molecule is O=C(c1ccc(F)cc1)N1CCCC(c2cc(-c3ccc(F)cc3)n[nH]2)C1. The van der Waals surface area contributed by atoms with Gasteiger partial charge in [-0.05, 0) is 67.4 Å². The molecule has 27 heavy (non-hydrogen) atoms. The molecule has 0 spiro atoms. The van der Waals surface area contributed by atoms with Crippen molar-refractivity contribution in [3.8, 4) is 11.3 Å². The molecule has 0 saturated carbocycles. The Kier molecular flexibility index (Phi) is 4.71. The molecule has 1 aliphatic heterocycles. The Morgan fingerprint density at radius 2 is 1.70 bits per heavy atom. The summed E-state index contributed by atoms with van der Waals surface area (Å²) >= 11 is 0. The lowest BCUT2D eigenvalue weighted by atomic mass is 9.94. The van der Waals surface area contributed by atoms with E-state index >= 15 is 0 Å². The number of hydrogen-bond donors (Lipinski definition) is 1. The van der Waals surface area contributed by atoms with Crippen LogP contribution < -0.4 is 0 Å². The van der Waals surface area contributed by atoms with Crippen LogP contribution >= 0.6 is 0 Å². The summed E-state index contributed by atoms with van der Waals surface area (Å²) in [4.78, 5) is 14.5. The van der Waals surface area contributed by atoms with Gasteiger partial charge in [-0.15, -0.1) is 0 Å². The van der Waals surface area contributed by atoms with Crippen LogP contribution in [0.15, 0.2) is 54.6 Å². The summed E-state index contributed by atoms with van der Waals surface area (Å²) < 4.78 is 26.2. The van der Waals surface area contributed by atoms with Crippen molar-refractivity contribution in [3.63, 3.8) is 0 Å². The highest BCUT2D eigenvalue weighted by Crippen LogP contribution is 2.29. The van der Waals surface area contributed by atoms with E-state index in [0.29, 0.717) is 18.7 Å². The van der Waals surface area contributed by atoms with Gasteiger partial charge in [-0.25, -0.2) is 8.78 Å². The van der Waals surface area contributed by atoms with Crippen molar-refractivity contribution in [1.82, 2.24) is 15.1 Å². The average Bonchev–Trinajstić information content (AvgIpc) is 3.19. The number of benzene rings is 2. The minimum Gasteiger partial charge on any atom is -0.338 e. The van der Waals surface area contributed by atoms with E-state index in [2.05, 4.69) is 10.2 Å². The highest BCUT2D eigenvalue weighted by molar-refractivity contribution is 5.94. The normalized spacial score (nSPS) is 17.1. The Bertz CT molecular complexity index is 935. The molecule has 6 heteroatoms. The number of rotatable bonds is 3. The second kappa shape index (κ2) is 7.31. The zero-order chi connectivity index (χ0) is 18.8. The van der Waals surface area contributed by atoms with Crippen LogP contribution in [0, 0.1) is 11.6 Å². The zero-order valence-corrected chi connectivity index (χ0v) is 14.7. The summed E-state index contributed by atoms with van der Waals surface area (Å²) in [6.07, 6.45) is 1.85. The van der Waals surface area contributed by atoms with Gasteiger partial charge in [-0.3, -0.25) is 9.89 Å². The Labute approximate surface area is 155 Å². The molecule has 1 aromatic heterocycles. The number of amides is 1. The monoisotopic (exact) mass is 367 g/mol. The molecule has 4 rings (SSSR count). The second-order valence-corrected chi connectivity index (χ2v) is 6.81. The Balaban J connectivity index is 1.49. The summed E-state index contributed by atoms with van der Waals surface area (Å²) in [6.45, 7) is 1.27. The number of halogens is 2. The fourth-order valence-electron chi connectivity index (χ4n) is 3.50. The van der Waals surface area contributed by atoms with E-state index in [4.69, 9.17) is 0 Å². The third kappa shape index (κ3) is 3.74. The minimum absolute atomic E-state index is 0.0852. The van der Waals surface area contributed by atoms with Crippen LogP contribution in [-0.4, -0.2) is 34.1 Å². The van der Waals surface area contributed by atoms with Gasteiger partial charge >= 0.3 is 0 Å². The molecule has 1 unspecified atom stereocenters. The number of nitrogens with zero attached hydrogens (tertiary/aromatic N) is 2. The van der Waals surface area contributed by atoms with Gasteiger partial charge < -0.3 is 4.90 Å². The van der Waals surface area contributed by atoms with Crippen molar-refractivity contribution in [2.24, 2.45) is 0 Å². The topological polar surface area (TPSA) is 49.0 Å². The van der Waals surface area contributed by atoms with Crippen LogP contribution in [0.4, 0.5) is 8.78 Å². The second-order valence-electron chi connectivity index (χ2n) is 6.81. The quantitative estimate of drug-likeness (QED) is 0.747. The number of H-pyrrole nitrogens is 1. The fourth-order valence-corrected chi connectivity index (χ4v) is 3.50. The van der Waals surface area contributed by atoms with Crippen LogP contribution in [0.1, 0.15) is 34.8 Å². The van der Waals surface area contributed by atoms with Crippen LogP contribution in [0.25, 0.3) is 11.3 Å². The first-order valence-electron chi connectivity index (χ1n) is 8.96. The zero-order valence-electron chi connectivity index (χ0n) is 14.7. The molecule has 138 valence electrons. The number of aromatic amines is 1. The third-order valence-corrected chi connectivity index (χ3v) is 4.98. The minimum atomic E-state index is -0.353. The first-order valence-corrected chi connectivity index (χ1v) is 8.96. The molecule has 0 bridgehead atoms. The summed E-state index contributed by atoms with van der Waals surface area (Å²) in [6, 6.07) is 13.8. The average molecular weight is 367 g/mol. The fraction of sp³-hybridized carbons (Fsp3) is 0.238. The Morgan fingerprint density at radius 1 is 1.04 bits per heavy atom. The van der Waals surface area contributed by atoms with Crippen molar-refractivity contribution < 1.29 is 13.6 Å². The summed E-state index contributed by atoms with van der Waals surface area (Å²) in [5.74, 6) is -0.562. The van der Waals surface area contributed by atoms with Gasteiger partial charge in [0, 0.05) is 35.8 Å². The maximum absolute atomic E-state index is 13.1. The van der Waals surface area contributed by atoms with Gasteiger partial charge in [0.25, 0.3) is 5.91 Å². The van der Waals surface area contributed by atoms with Crippen molar-refractivity contribution in [1.29, 1.82) is 0 Å². The third-order valence-electron chi connectivity index (χ3n) is 4.98. The van der Waals surface area contributed by atoms with Crippen LogP contribution in [0.2, 0.25) is 0 Å². The van der Waals surface area contributed by atoms with Gasteiger partial charge in [0.15, 0.2) is 0 Å². The van der Waals surface area contributed by atoms with Crippen molar-refractivity contribution in [2.75, 3.05) is 13.1 Å². The molecule has 0 aliphatic carbocycles. The molecular formula is C21H19F2N3O. The van der Waals surface area contributed by atoms with Gasteiger partial charge in [0.2, 0.25) is 0 Å². The molecule has 2 heterocycles. The van der Waals surface area contributed by atoms with E-state index in [-0.39, 0.29) is 23.5 Å². The molecule has 1 aliphatic rings. The van der Waals surface area contributed by atoms with Crippen molar-refractivity contribution >= 4 is 5.91 Å². The van der Waals surface area contributed by atoms with Gasteiger partial charge in [-0.1, -0.05) is 0 Å². The summed E-state index contributed by atoms with van der Waals surface area (Å²) in [7, 11) is 0. The highest BCUT2D eigenvalue weighted by Gasteiger charge is 2.26. The molecule has 2 aromatic carbocycles. The van der Waals surface area contributed by atoms with E-state index in [0.717, 1.165) is 29.8 Å². The first-order chi connectivity index (χ1) is 13.1. The molecular weight excluding hydrogens is 348 g/mol. The van der Waals surface area contributed by atoms with Gasteiger partial charge in [0.1, 0.15) is 11.6 Å². The molecule has 1 N–H and O–H groups in total. The number of carbonyl (C=O) groups excluding carboxylic acids is 1. The molecule has 1 amide bonds. The maximum atomic E-state index is 13.1. The molecule has 1 fully saturated rings. The smallest absolute Gasteiger partial charge is 0.253 e. The standard InChI is InChI=1S/C21H19F2N3O/c22-17-7-3-14(4-8-17)19-12-20(25-24-19)16-2-1-11-26(13-16)21(27)15-5-9-18(23)10-6-15/h3-10,12,16H,1-2,11,13H2,(H,24,25). The lowest BCUT2D eigenvalue weighted by molar-refractivity contribution is 0.0706. The number of nitrogens with one attached hydrogen (secondary N) is 1. The largest absolute Gasteiger partial charge is 0.338 e. The van der Waals surface area contributed by atoms with Gasteiger partial charge in [-0.2, -0.15) is 5.10 Å².